The highest BCUT2D eigenvalue weighted by atomic mass is 19.1. The number of hydrogen-bond acceptors (Lipinski definition) is 4. The van der Waals surface area contributed by atoms with E-state index in [1.807, 2.05) is 29.6 Å². The summed E-state index contributed by atoms with van der Waals surface area (Å²) in [5.74, 6) is -2.06. The fourth-order valence-corrected chi connectivity index (χ4v) is 2.51. The number of aromatic amines is 1. The number of para-hydroxylation sites is 2. The highest BCUT2D eigenvalue weighted by molar-refractivity contribution is 6.02. The lowest BCUT2D eigenvalue weighted by atomic mass is 10.1. The number of ether oxygens (including phenoxy) is 1. The molecule has 27 heavy (non-hydrogen) atoms. The lowest BCUT2D eigenvalue weighted by Crippen LogP contribution is -2.37. The fraction of sp³-hybridized carbons (Fsp3) is 0.105. The van der Waals surface area contributed by atoms with E-state index in [1.54, 1.807) is 6.20 Å². The Morgan fingerprint density at radius 1 is 1.04 bits per heavy atom. The second-order valence-electron chi connectivity index (χ2n) is 5.68. The molecule has 3 aromatic rings. The smallest absolute Gasteiger partial charge is 0.326 e. The third kappa shape index (κ3) is 4.69. The van der Waals surface area contributed by atoms with Gasteiger partial charge in [0.15, 0.2) is 6.61 Å². The Labute approximate surface area is 153 Å². The molecule has 0 fully saturated rings. The van der Waals surface area contributed by atoms with Gasteiger partial charge in [0, 0.05) is 17.1 Å². The van der Waals surface area contributed by atoms with Gasteiger partial charge in [-0.25, -0.2) is 9.18 Å². The van der Waals surface area contributed by atoms with Crippen LogP contribution in [0.2, 0.25) is 0 Å². The van der Waals surface area contributed by atoms with Gasteiger partial charge in [-0.3, -0.25) is 14.9 Å². The summed E-state index contributed by atoms with van der Waals surface area (Å²) in [4.78, 5) is 38.3. The number of aromatic nitrogens is 1. The second-order valence-corrected chi connectivity index (χ2v) is 5.68. The van der Waals surface area contributed by atoms with E-state index < -0.39 is 30.3 Å². The molecule has 2 aromatic carbocycles. The van der Waals surface area contributed by atoms with Gasteiger partial charge in [-0.2, -0.15) is 0 Å². The van der Waals surface area contributed by atoms with Gasteiger partial charge in [0.25, 0.3) is 5.91 Å². The first kappa shape index (κ1) is 18.1. The molecule has 0 bridgehead atoms. The van der Waals surface area contributed by atoms with Crippen LogP contribution in [0.4, 0.5) is 14.9 Å². The number of rotatable bonds is 5. The Morgan fingerprint density at radius 3 is 2.59 bits per heavy atom. The predicted molar refractivity (Wildman–Crippen MR) is 96.5 cm³/mol. The molecule has 3 amide bonds. The average Bonchev–Trinajstić information content (AvgIpc) is 3.05. The number of carbonyl (C=O) groups is 3. The van der Waals surface area contributed by atoms with E-state index in [0.29, 0.717) is 0 Å². The number of benzene rings is 2. The summed E-state index contributed by atoms with van der Waals surface area (Å²) in [6.45, 7) is -0.619. The number of halogens is 1. The van der Waals surface area contributed by atoms with Gasteiger partial charge in [-0.15, -0.1) is 0 Å². The molecular formula is C19H16FN3O4. The van der Waals surface area contributed by atoms with Crippen LogP contribution in [0.15, 0.2) is 54.7 Å². The summed E-state index contributed by atoms with van der Waals surface area (Å²) in [6, 6.07) is 12.1. The Bertz CT molecular complexity index is 999. The first-order valence-corrected chi connectivity index (χ1v) is 8.09. The summed E-state index contributed by atoms with van der Waals surface area (Å²) < 4.78 is 18.3. The van der Waals surface area contributed by atoms with Crippen LogP contribution in [0, 0.1) is 5.82 Å². The molecular weight excluding hydrogens is 353 g/mol. The predicted octanol–water partition coefficient (Wildman–Crippen LogP) is 2.74. The Kier molecular flexibility index (Phi) is 5.46. The second kappa shape index (κ2) is 8.13. The van der Waals surface area contributed by atoms with E-state index in [1.165, 1.54) is 24.3 Å². The maximum Gasteiger partial charge on any atom is 0.326 e. The number of anilines is 1. The van der Waals surface area contributed by atoms with Crippen LogP contribution in [-0.4, -0.2) is 29.5 Å². The van der Waals surface area contributed by atoms with Crippen LogP contribution < -0.4 is 10.6 Å². The van der Waals surface area contributed by atoms with Gasteiger partial charge in [-0.05, 0) is 23.8 Å². The van der Waals surface area contributed by atoms with Crippen molar-refractivity contribution in [3.05, 3.63) is 66.1 Å². The van der Waals surface area contributed by atoms with E-state index in [0.717, 1.165) is 16.5 Å². The van der Waals surface area contributed by atoms with Crippen LogP contribution in [0.3, 0.4) is 0 Å². The Hall–Kier alpha value is -3.68. The molecule has 0 aliphatic rings. The molecule has 0 aliphatic heterocycles. The van der Waals surface area contributed by atoms with Crippen molar-refractivity contribution in [2.45, 2.75) is 6.42 Å². The number of esters is 1. The van der Waals surface area contributed by atoms with Crippen molar-refractivity contribution in [3.8, 4) is 0 Å². The van der Waals surface area contributed by atoms with Crippen LogP contribution >= 0.6 is 0 Å². The van der Waals surface area contributed by atoms with Crippen molar-refractivity contribution in [2.24, 2.45) is 0 Å². The molecule has 1 aromatic heterocycles. The number of imide groups is 1. The summed E-state index contributed by atoms with van der Waals surface area (Å²) in [6.07, 6.45) is 1.69. The first-order valence-electron chi connectivity index (χ1n) is 8.09. The highest BCUT2D eigenvalue weighted by Gasteiger charge is 2.14. The minimum absolute atomic E-state index is 0.0152. The molecule has 0 aliphatic carbocycles. The van der Waals surface area contributed by atoms with Gasteiger partial charge in [0.05, 0.1) is 12.1 Å². The minimum Gasteiger partial charge on any atom is -0.455 e. The van der Waals surface area contributed by atoms with E-state index in [2.05, 4.69) is 10.3 Å². The molecule has 7 nitrogen and oxygen atoms in total. The Balaban J connectivity index is 1.46. The molecule has 0 spiro atoms. The summed E-state index contributed by atoms with van der Waals surface area (Å²) in [5, 5.41) is 5.05. The zero-order valence-electron chi connectivity index (χ0n) is 14.1. The molecule has 1 heterocycles. The van der Waals surface area contributed by atoms with Crippen LogP contribution in [0.1, 0.15) is 5.56 Å². The summed E-state index contributed by atoms with van der Waals surface area (Å²) >= 11 is 0. The summed E-state index contributed by atoms with van der Waals surface area (Å²) in [7, 11) is 0. The molecule has 8 heteroatoms. The molecule has 0 unspecified atom stereocenters. The third-order valence-electron chi connectivity index (χ3n) is 3.75. The summed E-state index contributed by atoms with van der Waals surface area (Å²) in [5.41, 5.74) is 1.57. The molecule has 3 N–H and O–H groups in total. The maximum atomic E-state index is 13.4. The highest BCUT2D eigenvalue weighted by Crippen LogP contribution is 2.18. The normalized spacial score (nSPS) is 10.4. The first-order chi connectivity index (χ1) is 13.0. The van der Waals surface area contributed by atoms with Gasteiger partial charge in [0.2, 0.25) is 0 Å². The molecule has 0 atom stereocenters. The zero-order chi connectivity index (χ0) is 19.2. The van der Waals surface area contributed by atoms with Gasteiger partial charge < -0.3 is 15.0 Å². The number of H-pyrrole nitrogens is 1. The standard InChI is InChI=1S/C19H16FN3O4/c20-14-6-2-4-8-16(14)22-19(26)23-17(24)11-27-18(25)9-12-10-21-15-7-3-1-5-13(12)15/h1-8,10,21H,9,11H2,(H2,22,23,24,26). The number of amides is 3. The molecule has 0 saturated heterocycles. The van der Waals surface area contributed by atoms with E-state index in [4.69, 9.17) is 4.74 Å². The number of hydrogen-bond donors (Lipinski definition) is 3. The number of nitrogens with one attached hydrogen (secondary N) is 3. The number of urea groups is 1. The van der Waals surface area contributed by atoms with Crippen LogP contribution in [0.5, 0.6) is 0 Å². The van der Waals surface area contributed by atoms with E-state index in [-0.39, 0.29) is 12.1 Å². The van der Waals surface area contributed by atoms with Gasteiger partial charge in [0.1, 0.15) is 5.82 Å². The zero-order valence-corrected chi connectivity index (χ0v) is 14.1. The quantitative estimate of drug-likeness (QED) is 0.602. The molecule has 3 rings (SSSR count). The molecule has 138 valence electrons. The van der Waals surface area contributed by atoms with Crippen LogP contribution in [0.25, 0.3) is 10.9 Å². The van der Waals surface area contributed by atoms with Crippen molar-refractivity contribution < 1.29 is 23.5 Å². The van der Waals surface area contributed by atoms with Gasteiger partial charge in [-0.1, -0.05) is 30.3 Å². The van der Waals surface area contributed by atoms with Crippen molar-refractivity contribution in [1.29, 1.82) is 0 Å². The van der Waals surface area contributed by atoms with Gasteiger partial charge >= 0.3 is 12.0 Å². The number of carbonyl (C=O) groups excluding carboxylic acids is 3. The average molecular weight is 369 g/mol. The van der Waals surface area contributed by atoms with Crippen molar-refractivity contribution in [1.82, 2.24) is 10.3 Å². The largest absolute Gasteiger partial charge is 0.455 e. The monoisotopic (exact) mass is 369 g/mol. The fourth-order valence-electron chi connectivity index (χ4n) is 2.51. The van der Waals surface area contributed by atoms with Crippen molar-refractivity contribution >= 4 is 34.5 Å². The van der Waals surface area contributed by atoms with Crippen molar-refractivity contribution in [3.63, 3.8) is 0 Å². The number of fused-ring (bicyclic) bond motifs is 1. The minimum atomic E-state index is -0.919. The Morgan fingerprint density at radius 2 is 1.78 bits per heavy atom. The SMILES string of the molecule is O=C(COC(=O)Cc1c[nH]c2ccccc12)NC(=O)Nc1ccccc1F. The van der Waals surface area contributed by atoms with Crippen LogP contribution in [-0.2, 0) is 20.7 Å². The lowest BCUT2D eigenvalue weighted by Gasteiger charge is -2.08. The molecule has 0 saturated carbocycles. The molecule has 0 radical (unpaired) electrons. The third-order valence-corrected chi connectivity index (χ3v) is 3.75. The topological polar surface area (TPSA) is 100 Å². The van der Waals surface area contributed by atoms with E-state index in [9.17, 15) is 18.8 Å². The maximum absolute atomic E-state index is 13.4. The lowest BCUT2D eigenvalue weighted by molar-refractivity contribution is -0.147. The van der Waals surface area contributed by atoms with Crippen molar-refractivity contribution in [2.75, 3.05) is 11.9 Å². The van der Waals surface area contributed by atoms with E-state index >= 15 is 0 Å².